The van der Waals surface area contributed by atoms with Crippen molar-refractivity contribution in [3.05, 3.63) is 46.6 Å². The summed E-state index contributed by atoms with van der Waals surface area (Å²) in [7, 11) is 1.72. The van der Waals surface area contributed by atoms with Crippen molar-refractivity contribution in [1.29, 1.82) is 0 Å². The highest BCUT2D eigenvalue weighted by atomic mass is 127. The third kappa shape index (κ3) is 6.34. The van der Waals surface area contributed by atoms with Crippen molar-refractivity contribution in [2.75, 3.05) is 7.05 Å². The molecule has 2 heterocycles. The van der Waals surface area contributed by atoms with E-state index in [-0.39, 0.29) is 24.0 Å². The number of aromatic nitrogens is 2. The molecular weight excluding hydrogens is 429 g/mol. The summed E-state index contributed by atoms with van der Waals surface area (Å²) in [5, 5.41) is 10.9. The fourth-order valence-electron chi connectivity index (χ4n) is 1.77. The third-order valence-corrected chi connectivity index (χ3v) is 3.29. The molecule has 0 aliphatic heterocycles. The largest absolute Gasteiger partial charge is 0.359 e. The zero-order chi connectivity index (χ0) is 15.9. The number of pyridine rings is 1. The van der Waals surface area contributed by atoms with Crippen LogP contribution in [0.2, 0.25) is 5.15 Å². The van der Waals surface area contributed by atoms with E-state index in [0.717, 1.165) is 17.0 Å². The number of nitrogens with zero attached hydrogens (tertiary/aromatic N) is 3. The highest BCUT2D eigenvalue weighted by Crippen LogP contribution is 2.13. The minimum atomic E-state index is 0. The molecule has 0 aliphatic carbocycles. The Morgan fingerprint density at radius 3 is 2.61 bits per heavy atom. The van der Waals surface area contributed by atoms with E-state index in [1.807, 2.05) is 12.1 Å². The van der Waals surface area contributed by atoms with Gasteiger partial charge in [-0.25, -0.2) is 4.98 Å². The van der Waals surface area contributed by atoms with Gasteiger partial charge in [-0.15, -0.1) is 24.0 Å². The molecule has 0 atom stereocenters. The SMILES string of the molecule is CN=C(NCc1ccc(Cl)nc1)NCc1cc(C(C)C)no1.I. The highest BCUT2D eigenvalue weighted by Gasteiger charge is 2.08. The summed E-state index contributed by atoms with van der Waals surface area (Å²) in [5.74, 6) is 1.81. The molecule has 8 heteroatoms. The summed E-state index contributed by atoms with van der Waals surface area (Å²) < 4.78 is 5.28. The molecule has 0 bridgehead atoms. The molecule has 126 valence electrons. The van der Waals surface area contributed by atoms with Gasteiger partial charge in [0.1, 0.15) is 5.15 Å². The fraction of sp³-hybridized carbons (Fsp3) is 0.400. The van der Waals surface area contributed by atoms with E-state index in [1.54, 1.807) is 19.3 Å². The number of aliphatic imine (C=N–C) groups is 1. The normalized spacial score (nSPS) is 11.3. The maximum atomic E-state index is 5.76. The molecule has 23 heavy (non-hydrogen) atoms. The van der Waals surface area contributed by atoms with Gasteiger partial charge in [0.15, 0.2) is 11.7 Å². The number of halogens is 2. The molecule has 0 aromatic carbocycles. The molecule has 2 rings (SSSR count). The second-order valence-electron chi connectivity index (χ2n) is 5.14. The summed E-state index contributed by atoms with van der Waals surface area (Å²) >= 11 is 5.76. The van der Waals surface area contributed by atoms with Gasteiger partial charge in [0.25, 0.3) is 0 Å². The van der Waals surface area contributed by atoms with Gasteiger partial charge >= 0.3 is 0 Å². The van der Waals surface area contributed by atoms with Gasteiger partial charge in [-0.1, -0.05) is 36.7 Å². The minimum absolute atomic E-state index is 0. The molecular formula is C15H21ClIN5O. The first kappa shape index (κ1) is 19.7. The van der Waals surface area contributed by atoms with Crippen molar-refractivity contribution in [3.63, 3.8) is 0 Å². The van der Waals surface area contributed by atoms with E-state index < -0.39 is 0 Å². The lowest BCUT2D eigenvalue weighted by Gasteiger charge is -2.10. The molecule has 0 spiro atoms. The van der Waals surface area contributed by atoms with Crippen molar-refractivity contribution in [2.24, 2.45) is 4.99 Å². The Kier molecular flexibility index (Phi) is 8.32. The van der Waals surface area contributed by atoms with Crippen LogP contribution in [0.3, 0.4) is 0 Å². The van der Waals surface area contributed by atoms with Crippen LogP contribution in [0, 0.1) is 0 Å². The summed E-state index contributed by atoms with van der Waals surface area (Å²) in [5.41, 5.74) is 1.97. The Morgan fingerprint density at radius 1 is 1.30 bits per heavy atom. The van der Waals surface area contributed by atoms with Crippen molar-refractivity contribution in [3.8, 4) is 0 Å². The topological polar surface area (TPSA) is 75.3 Å². The predicted octanol–water partition coefficient (Wildman–Crippen LogP) is 3.33. The Labute approximate surface area is 158 Å². The smallest absolute Gasteiger partial charge is 0.191 e. The highest BCUT2D eigenvalue weighted by molar-refractivity contribution is 14.0. The Bertz CT molecular complexity index is 627. The fourth-order valence-corrected chi connectivity index (χ4v) is 1.88. The van der Waals surface area contributed by atoms with E-state index in [4.69, 9.17) is 16.1 Å². The average molecular weight is 450 g/mol. The van der Waals surface area contributed by atoms with Gasteiger partial charge in [-0.2, -0.15) is 0 Å². The number of rotatable bonds is 5. The molecule has 0 saturated carbocycles. The number of hydrogen-bond acceptors (Lipinski definition) is 4. The maximum absolute atomic E-state index is 5.76. The summed E-state index contributed by atoms with van der Waals surface area (Å²) in [6, 6.07) is 5.63. The molecule has 6 nitrogen and oxygen atoms in total. The Balaban J connectivity index is 0.00000264. The van der Waals surface area contributed by atoms with Crippen molar-refractivity contribution in [1.82, 2.24) is 20.8 Å². The van der Waals surface area contributed by atoms with E-state index >= 15 is 0 Å². The van der Waals surface area contributed by atoms with Crippen LogP contribution in [0.4, 0.5) is 0 Å². The zero-order valence-corrected chi connectivity index (χ0v) is 16.4. The lowest BCUT2D eigenvalue weighted by atomic mass is 10.1. The molecule has 0 saturated heterocycles. The quantitative estimate of drug-likeness (QED) is 0.317. The second kappa shape index (κ2) is 9.71. The summed E-state index contributed by atoms with van der Waals surface area (Å²) in [6.45, 7) is 5.29. The first-order valence-corrected chi connectivity index (χ1v) is 7.46. The van der Waals surface area contributed by atoms with Crippen LogP contribution in [0.1, 0.15) is 36.8 Å². The van der Waals surface area contributed by atoms with E-state index in [1.165, 1.54) is 0 Å². The van der Waals surface area contributed by atoms with Crippen LogP contribution < -0.4 is 10.6 Å². The third-order valence-electron chi connectivity index (χ3n) is 3.07. The second-order valence-corrected chi connectivity index (χ2v) is 5.53. The molecule has 0 amide bonds. The molecule has 0 radical (unpaired) electrons. The molecule has 2 N–H and O–H groups in total. The maximum Gasteiger partial charge on any atom is 0.191 e. The minimum Gasteiger partial charge on any atom is -0.359 e. The van der Waals surface area contributed by atoms with Crippen LogP contribution in [0.5, 0.6) is 0 Å². The standard InChI is InChI=1S/C15H20ClN5O.HI/c1-10(2)13-6-12(22-21-13)9-20-15(17-3)19-8-11-4-5-14(16)18-7-11;/h4-7,10H,8-9H2,1-3H3,(H2,17,19,20);1H. The lowest BCUT2D eigenvalue weighted by Crippen LogP contribution is -2.36. The molecule has 0 fully saturated rings. The van der Waals surface area contributed by atoms with Gasteiger partial charge in [-0.3, -0.25) is 4.99 Å². The van der Waals surface area contributed by atoms with Gasteiger partial charge in [0.2, 0.25) is 0 Å². The number of nitrogens with one attached hydrogen (secondary N) is 2. The van der Waals surface area contributed by atoms with Gasteiger partial charge in [0, 0.05) is 25.9 Å². The molecule has 2 aromatic heterocycles. The summed E-state index contributed by atoms with van der Waals surface area (Å²) in [4.78, 5) is 8.20. The monoisotopic (exact) mass is 449 g/mol. The molecule has 0 aliphatic rings. The summed E-state index contributed by atoms with van der Waals surface area (Å²) in [6.07, 6.45) is 1.73. The molecule has 0 unspecified atom stereocenters. The van der Waals surface area contributed by atoms with Gasteiger partial charge in [0.05, 0.1) is 12.2 Å². The van der Waals surface area contributed by atoms with E-state index in [0.29, 0.717) is 30.1 Å². The number of hydrogen-bond donors (Lipinski definition) is 2. The zero-order valence-electron chi connectivity index (χ0n) is 13.3. The van der Waals surface area contributed by atoms with Crippen LogP contribution in [-0.2, 0) is 13.1 Å². The van der Waals surface area contributed by atoms with Crippen molar-refractivity contribution in [2.45, 2.75) is 32.9 Å². The Morgan fingerprint density at radius 2 is 2.04 bits per heavy atom. The van der Waals surface area contributed by atoms with Crippen LogP contribution >= 0.6 is 35.6 Å². The Hall–Kier alpha value is -1.35. The average Bonchev–Trinajstić information content (AvgIpc) is 2.98. The first-order chi connectivity index (χ1) is 10.6. The van der Waals surface area contributed by atoms with Gasteiger partial charge in [-0.05, 0) is 17.5 Å². The predicted molar refractivity (Wildman–Crippen MR) is 102 cm³/mol. The van der Waals surface area contributed by atoms with Crippen LogP contribution in [0.15, 0.2) is 33.9 Å². The van der Waals surface area contributed by atoms with Gasteiger partial charge < -0.3 is 15.2 Å². The van der Waals surface area contributed by atoms with Crippen molar-refractivity contribution >= 4 is 41.5 Å². The molecule has 2 aromatic rings. The van der Waals surface area contributed by atoms with Crippen molar-refractivity contribution < 1.29 is 4.52 Å². The number of guanidine groups is 1. The van der Waals surface area contributed by atoms with Crippen LogP contribution in [0.25, 0.3) is 0 Å². The van der Waals surface area contributed by atoms with Crippen LogP contribution in [-0.4, -0.2) is 23.1 Å². The first-order valence-electron chi connectivity index (χ1n) is 7.09. The lowest BCUT2D eigenvalue weighted by molar-refractivity contribution is 0.372. The van der Waals surface area contributed by atoms with E-state index in [2.05, 4.69) is 39.6 Å². The van der Waals surface area contributed by atoms with E-state index in [9.17, 15) is 0 Å².